The highest BCUT2D eigenvalue weighted by atomic mass is 19.1. The first-order chi connectivity index (χ1) is 11.1. The van der Waals surface area contributed by atoms with Gasteiger partial charge < -0.3 is 9.47 Å². The number of morpholine rings is 1. The lowest BCUT2D eigenvalue weighted by Gasteiger charge is -2.44. The van der Waals surface area contributed by atoms with Crippen LogP contribution in [0.1, 0.15) is 19.4 Å². The molecule has 3 rings (SSSR count). The molecule has 0 bridgehead atoms. The fourth-order valence-corrected chi connectivity index (χ4v) is 3.46. The summed E-state index contributed by atoms with van der Waals surface area (Å²) in [6.07, 6.45) is 0. The third kappa shape index (κ3) is 4.29. The number of ether oxygens (including phenoxy) is 2. The van der Waals surface area contributed by atoms with Crippen molar-refractivity contribution >= 4 is 0 Å². The average Bonchev–Trinajstić information content (AvgIpc) is 2.73. The van der Waals surface area contributed by atoms with Crippen molar-refractivity contribution in [1.82, 2.24) is 9.80 Å². The number of halogens is 1. The fourth-order valence-electron chi connectivity index (χ4n) is 3.46. The Morgan fingerprint density at radius 1 is 1.13 bits per heavy atom. The normalized spacial score (nSPS) is 27.5. The Kier molecular flexibility index (Phi) is 5.31. The number of nitrogens with zero attached hydrogens (tertiary/aromatic N) is 2. The van der Waals surface area contributed by atoms with Crippen LogP contribution in [0.5, 0.6) is 0 Å². The molecule has 2 aliphatic heterocycles. The molecule has 23 heavy (non-hydrogen) atoms. The van der Waals surface area contributed by atoms with Gasteiger partial charge in [0.15, 0.2) is 0 Å². The second kappa shape index (κ2) is 7.26. The monoisotopic (exact) mass is 322 g/mol. The van der Waals surface area contributed by atoms with E-state index in [0.717, 1.165) is 51.5 Å². The highest BCUT2D eigenvalue weighted by molar-refractivity contribution is 5.16. The van der Waals surface area contributed by atoms with Gasteiger partial charge >= 0.3 is 0 Å². The Morgan fingerprint density at radius 3 is 2.65 bits per heavy atom. The third-order valence-electron chi connectivity index (χ3n) is 4.76. The van der Waals surface area contributed by atoms with Crippen molar-refractivity contribution in [1.29, 1.82) is 0 Å². The molecule has 2 aliphatic rings. The molecule has 128 valence electrons. The number of hydrogen-bond acceptors (Lipinski definition) is 4. The van der Waals surface area contributed by atoms with E-state index in [-0.39, 0.29) is 11.4 Å². The summed E-state index contributed by atoms with van der Waals surface area (Å²) in [5, 5.41) is 0. The Morgan fingerprint density at radius 2 is 1.91 bits per heavy atom. The molecule has 1 aromatic carbocycles. The van der Waals surface area contributed by atoms with E-state index in [1.165, 1.54) is 12.1 Å². The Labute approximate surface area is 138 Å². The van der Waals surface area contributed by atoms with Crippen molar-refractivity contribution in [2.75, 3.05) is 46.0 Å². The van der Waals surface area contributed by atoms with Crippen LogP contribution in [0, 0.1) is 5.82 Å². The van der Waals surface area contributed by atoms with Crippen LogP contribution in [0.15, 0.2) is 24.3 Å². The van der Waals surface area contributed by atoms with Gasteiger partial charge in [0.1, 0.15) is 11.4 Å². The van der Waals surface area contributed by atoms with Crippen molar-refractivity contribution in [2.24, 2.45) is 0 Å². The van der Waals surface area contributed by atoms with E-state index in [9.17, 15) is 4.39 Å². The van der Waals surface area contributed by atoms with Crippen LogP contribution < -0.4 is 0 Å². The van der Waals surface area contributed by atoms with Gasteiger partial charge in [-0.05, 0) is 31.5 Å². The lowest BCUT2D eigenvalue weighted by atomic mass is 10.0. The van der Waals surface area contributed by atoms with Crippen molar-refractivity contribution in [2.45, 2.75) is 32.0 Å². The number of rotatable bonds is 3. The molecule has 5 heteroatoms. The molecule has 1 atom stereocenters. The Hall–Kier alpha value is -1.01. The van der Waals surface area contributed by atoms with E-state index in [4.69, 9.17) is 9.47 Å². The van der Waals surface area contributed by atoms with Crippen LogP contribution in [0.2, 0.25) is 0 Å². The Bertz CT molecular complexity index is 508. The smallest absolute Gasteiger partial charge is 0.123 e. The van der Waals surface area contributed by atoms with Gasteiger partial charge in [0.05, 0.1) is 19.8 Å². The summed E-state index contributed by atoms with van der Waals surface area (Å²) >= 11 is 0. The van der Waals surface area contributed by atoms with Gasteiger partial charge in [-0.1, -0.05) is 12.1 Å². The summed E-state index contributed by atoms with van der Waals surface area (Å²) in [7, 11) is 0. The first-order valence-electron chi connectivity index (χ1n) is 8.49. The third-order valence-corrected chi connectivity index (χ3v) is 4.76. The highest BCUT2D eigenvalue weighted by Crippen LogP contribution is 2.24. The number of benzene rings is 1. The first kappa shape index (κ1) is 16.8. The summed E-state index contributed by atoms with van der Waals surface area (Å²) in [5.41, 5.74) is 0.887. The molecule has 0 radical (unpaired) electrons. The molecule has 0 aliphatic carbocycles. The van der Waals surface area contributed by atoms with Crippen molar-refractivity contribution < 1.29 is 13.9 Å². The predicted molar refractivity (Wildman–Crippen MR) is 87.9 cm³/mol. The zero-order valence-corrected chi connectivity index (χ0v) is 14.1. The second-order valence-corrected chi connectivity index (χ2v) is 6.99. The van der Waals surface area contributed by atoms with Crippen molar-refractivity contribution in [3.8, 4) is 0 Å². The molecule has 0 aromatic heterocycles. The highest BCUT2D eigenvalue weighted by Gasteiger charge is 2.40. The molecular formula is C18H27FN2O2. The lowest BCUT2D eigenvalue weighted by molar-refractivity contribution is -0.144. The quantitative estimate of drug-likeness (QED) is 0.851. The standard InChI is InChI=1S/C18H27FN2O2/c1-15(2)21-8-9-22-14-18(13-21)12-20(7-10-23-18)11-16-3-5-17(19)6-4-16/h3-6,15H,7-14H2,1-2H3/t18-/m0/s1. The maximum absolute atomic E-state index is 13.1. The first-order valence-corrected chi connectivity index (χ1v) is 8.49. The molecule has 4 nitrogen and oxygen atoms in total. The molecular weight excluding hydrogens is 295 g/mol. The molecule has 0 saturated carbocycles. The minimum Gasteiger partial charge on any atom is -0.377 e. The van der Waals surface area contributed by atoms with Crippen LogP contribution in [-0.2, 0) is 16.0 Å². The van der Waals surface area contributed by atoms with E-state index < -0.39 is 0 Å². The van der Waals surface area contributed by atoms with Gasteiger partial charge in [-0.15, -0.1) is 0 Å². The topological polar surface area (TPSA) is 24.9 Å². The number of hydrogen-bond donors (Lipinski definition) is 0. The van der Waals surface area contributed by atoms with Gasteiger partial charge in [-0.2, -0.15) is 0 Å². The molecule has 0 N–H and O–H groups in total. The molecule has 0 amide bonds. The van der Waals surface area contributed by atoms with Crippen molar-refractivity contribution in [3.63, 3.8) is 0 Å². The lowest BCUT2D eigenvalue weighted by Crippen LogP contribution is -2.59. The van der Waals surface area contributed by atoms with Crippen molar-refractivity contribution in [3.05, 3.63) is 35.6 Å². The average molecular weight is 322 g/mol. The second-order valence-electron chi connectivity index (χ2n) is 6.99. The van der Waals surface area contributed by atoms with E-state index in [0.29, 0.717) is 12.6 Å². The molecule has 1 aromatic rings. The largest absolute Gasteiger partial charge is 0.377 e. The van der Waals surface area contributed by atoms with Gasteiger partial charge in [0.2, 0.25) is 0 Å². The predicted octanol–water partition coefficient (Wildman–Crippen LogP) is 2.14. The summed E-state index contributed by atoms with van der Waals surface area (Å²) in [6, 6.07) is 7.27. The van der Waals surface area contributed by atoms with Gasteiger partial charge in [0, 0.05) is 38.8 Å². The fraction of sp³-hybridized carbons (Fsp3) is 0.667. The van der Waals surface area contributed by atoms with Gasteiger partial charge in [-0.3, -0.25) is 9.80 Å². The molecule has 1 spiro atoms. The minimum absolute atomic E-state index is 0.183. The van der Waals surface area contributed by atoms with Gasteiger partial charge in [-0.25, -0.2) is 4.39 Å². The molecule has 2 saturated heterocycles. The maximum Gasteiger partial charge on any atom is 0.123 e. The van der Waals surface area contributed by atoms with Crippen LogP contribution in [0.25, 0.3) is 0 Å². The van der Waals surface area contributed by atoms with E-state index >= 15 is 0 Å². The summed E-state index contributed by atoms with van der Waals surface area (Å²) in [6.45, 7) is 11.0. The SMILES string of the molecule is CC(C)N1CCOC[C@]2(CN(Cc3ccc(F)cc3)CCO2)C1. The summed E-state index contributed by atoms with van der Waals surface area (Å²) in [4.78, 5) is 4.83. The maximum atomic E-state index is 13.1. The molecule has 2 fully saturated rings. The van der Waals surface area contributed by atoms with Crippen LogP contribution in [-0.4, -0.2) is 67.4 Å². The zero-order valence-electron chi connectivity index (χ0n) is 14.1. The van der Waals surface area contributed by atoms with Crippen LogP contribution in [0.4, 0.5) is 4.39 Å². The van der Waals surface area contributed by atoms with Crippen LogP contribution >= 0.6 is 0 Å². The van der Waals surface area contributed by atoms with Gasteiger partial charge in [0.25, 0.3) is 0 Å². The summed E-state index contributed by atoms with van der Waals surface area (Å²) < 4.78 is 25.1. The van der Waals surface area contributed by atoms with E-state index in [1.807, 2.05) is 12.1 Å². The zero-order chi connectivity index (χ0) is 16.3. The minimum atomic E-state index is -0.251. The van der Waals surface area contributed by atoms with E-state index in [2.05, 4.69) is 23.6 Å². The van der Waals surface area contributed by atoms with Crippen LogP contribution in [0.3, 0.4) is 0 Å². The molecule has 2 heterocycles. The molecule has 0 unspecified atom stereocenters. The van der Waals surface area contributed by atoms with E-state index in [1.54, 1.807) is 0 Å². The summed E-state index contributed by atoms with van der Waals surface area (Å²) in [5.74, 6) is -0.183. The Balaban J connectivity index is 1.67.